The van der Waals surface area contributed by atoms with Gasteiger partial charge in [0, 0.05) is 0 Å². The lowest BCUT2D eigenvalue weighted by Crippen LogP contribution is -2.41. The zero-order valence-corrected chi connectivity index (χ0v) is 9.39. The summed E-state index contributed by atoms with van der Waals surface area (Å²) < 4.78 is 0. The van der Waals surface area contributed by atoms with E-state index in [1.165, 1.54) is 18.2 Å². The van der Waals surface area contributed by atoms with Gasteiger partial charge in [-0.15, -0.1) is 0 Å². The molecular formula is C11H8N2O6. The number of fused-ring (bicyclic) bond motifs is 1. The van der Waals surface area contributed by atoms with Gasteiger partial charge in [0.25, 0.3) is 0 Å². The molecule has 1 amide bonds. The highest BCUT2D eigenvalue weighted by Crippen LogP contribution is 2.34. The lowest BCUT2D eigenvalue weighted by molar-refractivity contribution is -0.551. The zero-order valence-electron chi connectivity index (χ0n) is 9.39. The fourth-order valence-corrected chi connectivity index (χ4v) is 1.95. The number of benzene rings is 1. The van der Waals surface area contributed by atoms with E-state index in [0.717, 1.165) is 6.08 Å². The van der Waals surface area contributed by atoms with Crippen molar-refractivity contribution in [3.05, 3.63) is 51.2 Å². The number of amides is 1. The summed E-state index contributed by atoms with van der Waals surface area (Å²) in [5.74, 6) is -1.54. The molecule has 19 heavy (non-hydrogen) atoms. The van der Waals surface area contributed by atoms with Crippen LogP contribution in [0, 0.1) is 10.1 Å². The Morgan fingerprint density at radius 3 is 2.42 bits per heavy atom. The summed E-state index contributed by atoms with van der Waals surface area (Å²) >= 11 is 0. The first-order valence-corrected chi connectivity index (χ1v) is 5.13. The summed E-state index contributed by atoms with van der Waals surface area (Å²) in [6, 6.07) is 6.00. The Morgan fingerprint density at radius 1 is 1.26 bits per heavy atom. The Kier molecular flexibility index (Phi) is 2.91. The summed E-state index contributed by atoms with van der Waals surface area (Å²) in [6.07, 6.45) is -2.35. The second kappa shape index (κ2) is 4.41. The minimum Gasteiger partial charge on any atom is -0.477 e. The van der Waals surface area contributed by atoms with Gasteiger partial charge in [0.2, 0.25) is 0 Å². The van der Waals surface area contributed by atoms with Gasteiger partial charge in [0.15, 0.2) is 0 Å². The van der Waals surface area contributed by atoms with Crippen LogP contribution in [0.4, 0.5) is 4.79 Å². The van der Waals surface area contributed by atoms with Crippen LogP contribution in [0.25, 0.3) is 6.08 Å². The third-order valence-corrected chi connectivity index (χ3v) is 2.70. The molecule has 1 heterocycles. The molecule has 0 aromatic heterocycles. The predicted octanol–water partition coefficient (Wildman–Crippen LogP) is 1.38. The highest BCUT2D eigenvalue weighted by Gasteiger charge is 2.43. The van der Waals surface area contributed by atoms with Crippen LogP contribution in [0.3, 0.4) is 0 Å². The molecule has 0 spiro atoms. The monoisotopic (exact) mass is 264 g/mol. The van der Waals surface area contributed by atoms with E-state index in [1.54, 1.807) is 6.07 Å². The van der Waals surface area contributed by atoms with Crippen LogP contribution >= 0.6 is 0 Å². The molecule has 1 aromatic carbocycles. The smallest absolute Gasteiger partial charge is 0.417 e. The fraction of sp³-hybridized carbons (Fsp3) is 0.0909. The van der Waals surface area contributed by atoms with Crippen molar-refractivity contribution in [1.29, 1.82) is 0 Å². The summed E-state index contributed by atoms with van der Waals surface area (Å²) in [5, 5.41) is 29.1. The van der Waals surface area contributed by atoms with Gasteiger partial charge in [-0.3, -0.25) is 10.1 Å². The number of aliphatic carboxylic acids is 1. The number of rotatable bonds is 2. The molecule has 1 aliphatic heterocycles. The highest BCUT2D eigenvalue weighted by atomic mass is 16.6. The maximum absolute atomic E-state index is 11.1. The Hall–Kier alpha value is -2.90. The average Bonchev–Trinajstić information content (AvgIpc) is 2.35. The molecule has 1 aromatic rings. The number of carbonyl (C=O) groups is 2. The Bertz CT molecular complexity index is 609. The number of nitrogens with zero attached hydrogens (tertiary/aromatic N) is 2. The maximum Gasteiger partial charge on any atom is 0.417 e. The number of carboxylic acid groups (broad SMARTS) is 2. The molecule has 0 aliphatic carbocycles. The van der Waals surface area contributed by atoms with Crippen molar-refractivity contribution in [2.24, 2.45) is 0 Å². The lowest BCUT2D eigenvalue weighted by Gasteiger charge is -2.27. The van der Waals surface area contributed by atoms with Gasteiger partial charge >= 0.3 is 18.2 Å². The van der Waals surface area contributed by atoms with Crippen molar-refractivity contribution >= 4 is 18.1 Å². The molecule has 0 saturated heterocycles. The van der Waals surface area contributed by atoms with Gasteiger partial charge in [-0.1, -0.05) is 18.2 Å². The van der Waals surface area contributed by atoms with Crippen molar-refractivity contribution < 1.29 is 24.7 Å². The Morgan fingerprint density at radius 2 is 1.89 bits per heavy atom. The van der Waals surface area contributed by atoms with E-state index in [9.17, 15) is 19.7 Å². The normalized spacial score (nSPS) is 17.4. The summed E-state index contributed by atoms with van der Waals surface area (Å²) in [7, 11) is 0. The molecule has 2 rings (SSSR count). The third kappa shape index (κ3) is 1.99. The molecule has 0 bridgehead atoms. The first-order chi connectivity index (χ1) is 8.93. The van der Waals surface area contributed by atoms with Gasteiger partial charge in [-0.25, -0.2) is 14.5 Å². The molecule has 0 saturated carbocycles. The quantitative estimate of drug-likeness (QED) is 0.614. The molecule has 1 unspecified atom stereocenters. The van der Waals surface area contributed by atoms with E-state index in [2.05, 4.69) is 0 Å². The van der Waals surface area contributed by atoms with E-state index in [-0.39, 0.29) is 10.5 Å². The summed E-state index contributed by atoms with van der Waals surface area (Å²) in [6.45, 7) is 0. The minimum absolute atomic E-state index is 0.139. The second-order valence-electron chi connectivity index (χ2n) is 3.78. The van der Waals surface area contributed by atoms with Crippen molar-refractivity contribution in [3.63, 3.8) is 0 Å². The minimum atomic E-state index is -1.76. The Balaban J connectivity index is 2.70. The van der Waals surface area contributed by atoms with Crippen molar-refractivity contribution in [3.8, 4) is 0 Å². The number of carboxylic acids is 1. The number of nitro groups is 1. The van der Waals surface area contributed by atoms with Crippen LogP contribution in [0.15, 0.2) is 30.0 Å². The van der Waals surface area contributed by atoms with E-state index in [1.807, 2.05) is 0 Å². The van der Waals surface area contributed by atoms with Gasteiger partial charge in [-0.05, 0) is 17.7 Å². The first kappa shape index (κ1) is 12.6. The van der Waals surface area contributed by atoms with Crippen molar-refractivity contribution in [2.45, 2.75) is 6.17 Å². The van der Waals surface area contributed by atoms with Gasteiger partial charge in [0.1, 0.15) is 5.70 Å². The number of hydrogen-bond donors (Lipinski definition) is 2. The summed E-state index contributed by atoms with van der Waals surface area (Å²) in [4.78, 5) is 32.7. The largest absolute Gasteiger partial charge is 0.477 e. The van der Waals surface area contributed by atoms with Crippen LogP contribution in [0.2, 0.25) is 0 Å². The lowest BCUT2D eigenvalue weighted by atomic mass is 9.99. The van der Waals surface area contributed by atoms with Crippen molar-refractivity contribution in [2.75, 3.05) is 0 Å². The van der Waals surface area contributed by atoms with E-state index < -0.39 is 28.8 Å². The Labute approximate surface area is 106 Å². The van der Waals surface area contributed by atoms with Gasteiger partial charge in [0.05, 0.1) is 10.5 Å². The fourth-order valence-electron chi connectivity index (χ4n) is 1.95. The van der Waals surface area contributed by atoms with Gasteiger partial charge < -0.3 is 10.2 Å². The molecule has 2 N–H and O–H groups in total. The molecule has 1 atom stereocenters. The van der Waals surface area contributed by atoms with Gasteiger partial charge in [-0.2, -0.15) is 0 Å². The number of hydrogen-bond acceptors (Lipinski definition) is 4. The van der Waals surface area contributed by atoms with Crippen LogP contribution < -0.4 is 0 Å². The standard InChI is InChI=1S/C11H8N2O6/c14-10(15)8-5-6-3-1-2-4-7(6)9(13(18)19)12(8)11(16)17/h1-5,9H,(H,14,15)(H,16,17). The maximum atomic E-state index is 11.1. The van der Waals surface area contributed by atoms with Crippen LogP contribution in [0.5, 0.6) is 0 Å². The van der Waals surface area contributed by atoms with Crippen LogP contribution in [-0.2, 0) is 4.79 Å². The predicted molar refractivity (Wildman–Crippen MR) is 61.7 cm³/mol. The first-order valence-electron chi connectivity index (χ1n) is 5.13. The molecule has 0 radical (unpaired) electrons. The molecule has 0 fully saturated rings. The zero-order chi connectivity index (χ0) is 14.2. The van der Waals surface area contributed by atoms with Crippen LogP contribution in [0.1, 0.15) is 17.3 Å². The highest BCUT2D eigenvalue weighted by molar-refractivity contribution is 5.96. The van der Waals surface area contributed by atoms with E-state index >= 15 is 0 Å². The van der Waals surface area contributed by atoms with E-state index in [4.69, 9.17) is 10.2 Å². The van der Waals surface area contributed by atoms with Crippen molar-refractivity contribution in [1.82, 2.24) is 4.90 Å². The SMILES string of the molecule is O=C(O)C1=Cc2ccccc2C([N+](=O)[O-])N1C(=O)O. The molecular weight excluding hydrogens is 256 g/mol. The molecule has 98 valence electrons. The second-order valence-corrected chi connectivity index (χ2v) is 3.78. The topological polar surface area (TPSA) is 121 Å². The van der Waals surface area contributed by atoms with E-state index in [0.29, 0.717) is 5.56 Å². The third-order valence-electron chi connectivity index (χ3n) is 2.70. The molecule has 8 nitrogen and oxygen atoms in total. The summed E-state index contributed by atoms with van der Waals surface area (Å²) in [5.41, 5.74) is -0.188. The molecule has 1 aliphatic rings. The average molecular weight is 264 g/mol. The molecule has 8 heteroatoms. The van der Waals surface area contributed by atoms with Crippen LogP contribution in [-0.4, -0.2) is 32.1 Å².